The van der Waals surface area contributed by atoms with E-state index >= 15 is 0 Å². The molecule has 0 bridgehead atoms. The van der Waals surface area contributed by atoms with Gasteiger partial charge in [0.1, 0.15) is 26.4 Å². The van der Waals surface area contributed by atoms with E-state index in [4.69, 9.17) is 61.5 Å². The number of alkyl halides is 1. The highest BCUT2D eigenvalue weighted by Gasteiger charge is 2.52. The summed E-state index contributed by atoms with van der Waals surface area (Å²) in [5.74, 6) is 0.0425. The van der Waals surface area contributed by atoms with Crippen molar-refractivity contribution >= 4 is 225 Å². The predicted molar refractivity (Wildman–Crippen MR) is 605 cm³/mol. The second-order valence-electron chi connectivity index (χ2n) is 36.2. The lowest BCUT2D eigenvalue weighted by molar-refractivity contribution is -0.0207. The molecule has 8 aliphatic rings. The highest BCUT2D eigenvalue weighted by atomic mass is 127. The topological polar surface area (TPSA) is 296 Å². The monoisotopic (exact) mass is 2420 g/mol. The molecular weight excluding hydrogens is 2320 g/mol. The number of carbonyl (C=O) groups is 4. The second kappa shape index (κ2) is 48.9. The number of thiophene rings is 4. The van der Waals surface area contributed by atoms with E-state index in [1.165, 1.54) is 102 Å². The van der Waals surface area contributed by atoms with Crippen molar-refractivity contribution < 1.29 is 62.9 Å². The third-order valence-corrected chi connectivity index (χ3v) is 37.9. The molecule has 2 saturated heterocycles. The number of ether oxygens (including phenoxy) is 6. The van der Waals surface area contributed by atoms with E-state index in [1.54, 1.807) is 57.1 Å². The lowest BCUT2D eigenvalue weighted by Crippen LogP contribution is -2.55. The van der Waals surface area contributed by atoms with Crippen molar-refractivity contribution in [3.63, 3.8) is 0 Å². The van der Waals surface area contributed by atoms with Crippen LogP contribution in [0.25, 0.3) is 44.5 Å². The SMILES string of the molecule is C1CCOC1.C=C(CO)CC(C)(N)c1cc(Br)cs1.C=C(CO)CC(C)(NC(=S)NC(=O)OCC1c2ccccc2-c2ccccc21)c1cc(Br)cs1.CC1(c2cc(Br)cs2)CC(CO)(CI)SC(NC(=O)OCC2c3ccccc3-c3ccccc32)=N1.CC1(c2cc(Br)cs2)CC2(COC2)SC(NC(=O)OCC2c3ccccc3-c3ccccc32)=N1.O=C(N=C=S)OCC1c2ccccc2-c2ccccc21. The van der Waals surface area contributed by atoms with Crippen molar-refractivity contribution in [2.24, 2.45) is 20.7 Å². The molecule has 8 heterocycles. The number of amides is 4. The number of nitrogens with two attached hydrogens (primary N) is 1. The summed E-state index contributed by atoms with van der Waals surface area (Å²) in [7, 11) is 0. The smallest absolute Gasteiger partial charge is 0.442 e. The number of amidine groups is 2. The van der Waals surface area contributed by atoms with Crippen molar-refractivity contribution in [1.82, 2.24) is 21.3 Å². The van der Waals surface area contributed by atoms with Crippen LogP contribution in [0.4, 0.5) is 19.2 Å². The summed E-state index contributed by atoms with van der Waals surface area (Å²) in [6.45, 7) is 19.9. The Kier molecular flexibility index (Phi) is 37.1. The highest BCUT2D eigenvalue weighted by Crippen LogP contribution is 2.54. The third-order valence-electron chi connectivity index (χ3n) is 25.4. The molecule has 5 atom stereocenters. The molecule has 4 aliphatic heterocycles. The second-order valence-corrected chi connectivity index (χ2v) is 47.7. The number of hydrogen-bond acceptors (Lipinski definition) is 24. The van der Waals surface area contributed by atoms with Gasteiger partial charge in [0.05, 0.1) is 69.8 Å². The number of benzene rings is 8. The van der Waals surface area contributed by atoms with Gasteiger partial charge in [0.15, 0.2) is 15.4 Å². The Labute approximate surface area is 909 Å². The fourth-order valence-corrected chi connectivity index (χ4v) is 29.0. The third kappa shape index (κ3) is 26.2. The van der Waals surface area contributed by atoms with Gasteiger partial charge in [-0.2, -0.15) is 0 Å². The van der Waals surface area contributed by atoms with Crippen LogP contribution >= 0.6 is 180 Å². The first kappa shape index (κ1) is 108. The minimum absolute atomic E-state index is 0.000660. The van der Waals surface area contributed by atoms with Gasteiger partial charge in [0, 0.05) is 100 Å². The lowest BCUT2D eigenvalue weighted by atomic mass is 9.86. The Morgan fingerprint density at radius 3 is 1.18 bits per heavy atom. The van der Waals surface area contributed by atoms with Crippen molar-refractivity contribution in [2.45, 2.75) is 122 Å². The molecule has 142 heavy (non-hydrogen) atoms. The normalized spacial score (nSPS) is 18.5. The van der Waals surface area contributed by atoms with Gasteiger partial charge in [0.25, 0.3) is 0 Å². The molecule has 9 N–H and O–H groups in total. The Bertz CT molecular complexity index is 6540. The maximum Gasteiger partial charge on any atom is 0.442 e. The maximum atomic E-state index is 12.9. The van der Waals surface area contributed by atoms with Crippen LogP contribution in [0.15, 0.2) is 297 Å². The molecule has 4 aromatic heterocycles. The molecule has 738 valence electrons. The van der Waals surface area contributed by atoms with Gasteiger partial charge in [-0.15, -0.1) is 50.3 Å². The number of hydrogen-bond donors (Lipinski definition) is 8. The number of halogens is 5. The maximum absolute atomic E-state index is 12.9. The summed E-state index contributed by atoms with van der Waals surface area (Å²) in [6, 6.07) is 74.1. The largest absolute Gasteiger partial charge is 0.448 e. The average molecular weight is 2430 g/mol. The van der Waals surface area contributed by atoms with Gasteiger partial charge in [0.2, 0.25) is 0 Å². The Morgan fingerprint density at radius 2 is 0.852 bits per heavy atom. The Hall–Kier alpha value is -8.54. The average Bonchev–Trinajstić information content (AvgIpc) is 0.765. The van der Waals surface area contributed by atoms with Crippen molar-refractivity contribution in [1.29, 1.82) is 0 Å². The van der Waals surface area contributed by atoms with Crippen molar-refractivity contribution in [3.8, 4) is 44.5 Å². The number of fused-ring (bicyclic) bond motifs is 12. The molecule has 34 heteroatoms. The van der Waals surface area contributed by atoms with E-state index in [9.17, 15) is 29.4 Å². The van der Waals surface area contributed by atoms with Crippen LogP contribution < -0.4 is 27.0 Å². The highest BCUT2D eigenvalue weighted by molar-refractivity contribution is 14.1. The van der Waals surface area contributed by atoms with Crippen LogP contribution in [-0.2, 0) is 50.6 Å². The fraction of sp³-hybridized carbons (Fsp3) is 0.296. The molecule has 5 unspecified atom stereocenters. The quantitative estimate of drug-likeness (QED) is 0.00828. The van der Waals surface area contributed by atoms with E-state index in [0.29, 0.717) is 48.4 Å². The summed E-state index contributed by atoms with van der Waals surface area (Å²) >= 11 is 35.5. The van der Waals surface area contributed by atoms with E-state index in [-0.39, 0.29) is 79.8 Å². The van der Waals surface area contributed by atoms with Gasteiger partial charge in [-0.25, -0.2) is 19.2 Å². The summed E-state index contributed by atoms with van der Waals surface area (Å²) in [4.78, 5) is 67.3. The first-order valence-corrected chi connectivity index (χ1v) is 56.4. The van der Waals surface area contributed by atoms with Crippen LogP contribution in [0.5, 0.6) is 0 Å². The van der Waals surface area contributed by atoms with Crippen molar-refractivity contribution in [2.75, 3.05) is 77.1 Å². The molecule has 0 saturated carbocycles. The van der Waals surface area contributed by atoms with Gasteiger partial charge >= 0.3 is 24.4 Å². The van der Waals surface area contributed by atoms with Gasteiger partial charge < -0.3 is 54.8 Å². The lowest BCUT2D eigenvalue weighted by Gasteiger charge is -2.48. The number of nitrogens with one attached hydrogen (secondary N) is 4. The number of aliphatic hydroxyl groups excluding tert-OH is 3. The first-order valence-electron chi connectivity index (χ1n) is 45.7. The zero-order valence-electron chi connectivity index (χ0n) is 78.0. The summed E-state index contributed by atoms with van der Waals surface area (Å²) in [5.41, 5.74) is 24.4. The van der Waals surface area contributed by atoms with E-state index in [1.807, 2.05) is 144 Å². The van der Waals surface area contributed by atoms with E-state index < -0.39 is 51.3 Å². The van der Waals surface area contributed by atoms with Gasteiger partial charge in [-0.05, 0) is 279 Å². The standard InChI is InChI=1S/C26H24BrIN2O3S2.C26H23BrN2O3S2.C26H25BrN2O3S2.C16H11NO2S.C10H14BrNOS.C4H8O/c1-25(22-10-16(27)12-34-22)13-26(14-28,15-31)35-23(30-25)29-24(32)33-11-21-19-8-4-2-6-17(19)18-7-3-5-9-20(18)21;1-25(22-10-16(27)12-33-22)13-26(14-31-15-26)34-23(29-25)28-24(30)32-11-21-19-8-4-2-6-17(19)18-7-3-5-9-20(18)21;1-16(13-30)12-26(2,23-11-17(27)15-34-23)29-24(33)28-25(31)32-14-22-20-9-5-3-7-18(20)19-8-4-6-10-21(19)22;18-16(17-10-20)19-9-15-13-7-3-1-5-11(13)12-6-2-4-8-14(12)15;1-7(5-13)4-10(2,12)9-3-8(11)6-14-9;1-2-4-5-3-1/h2-10,12,21,31H,11,13-15H2,1H3,(H,29,30,32);2-10,12,21H,11,13-15H2,1H3,(H,28,29,30);3-11,15,22,30H,1,12-14H2,2H3,(H2,28,29,31,33);1-8,15H,9H2;3,6,13H,1,4-5,12H2,2H3;1-4H2. The zero-order valence-corrected chi connectivity index (χ0v) is 93.1. The molecule has 4 aliphatic carbocycles. The number of aliphatic imine (C=N–C) groups is 3. The molecule has 2 fully saturated rings. The number of thioether (sulfide) groups is 2. The molecule has 0 radical (unpaired) electrons. The van der Waals surface area contributed by atoms with Crippen LogP contribution in [0.2, 0.25) is 0 Å². The van der Waals surface area contributed by atoms with Gasteiger partial charge in [-0.1, -0.05) is 253 Å². The van der Waals surface area contributed by atoms with E-state index in [2.05, 4.69) is 266 Å². The molecule has 8 aromatic carbocycles. The minimum atomic E-state index is -0.693. The Balaban J connectivity index is 0.000000136. The van der Waals surface area contributed by atoms with Gasteiger partial charge in [-0.3, -0.25) is 25.9 Å². The number of rotatable bonds is 21. The molecule has 1 spiro atoms. The number of carbonyl (C=O) groups excluding carboxylic acids is 4. The summed E-state index contributed by atoms with van der Waals surface area (Å²) < 4.78 is 37.0. The molecule has 21 nitrogen and oxygen atoms in total. The number of thiocarbonyl (C=S) groups is 2. The van der Waals surface area contributed by atoms with Crippen LogP contribution in [0, 0.1) is 0 Å². The summed E-state index contributed by atoms with van der Waals surface area (Å²) in [5, 5.41) is 51.6. The molecule has 12 aromatic rings. The van der Waals surface area contributed by atoms with Crippen LogP contribution in [0.1, 0.15) is 154 Å². The zero-order chi connectivity index (χ0) is 101. The molecule has 4 amide bonds. The molecule has 20 rings (SSSR count). The number of nitrogens with zero attached hydrogens (tertiary/aromatic N) is 3. The van der Waals surface area contributed by atoms with Crippen LogP contribution in [-0.4, -0.2) is 147 Å². The number of aliphatic hydroxyl groups is 3. The number of alkyl carbamates (subject to hydrolysis) is 3. The first-order chi connectivity index (χ1) is 68.4. The molecular formula is C108H105Br4IN8O13S8. The van der Waals surface area contributed by atoms with Crippen molar-refractivity contribution in [3.05, 3.63) is 346 Å². The van der Waals surface area contributed by atoms with E-state index in [0.717, 1.165) is 78.2 Å². The van der Waals surface area contributed by atoms with Crippen LogP contribution in [0.3, 0.4) is 0 Å². The summed E-state index contributed by atoms with van der Waals surface area (Å²) in [6.07, 6.45) is 2.84. The fourth-order valence-electron chi connectivity index (χ4n) is 18.8. The minimum Gasteiger partial charge on any atom is -0.448 e. The number of isothiocyanates is 1. The Morgan fingerprint density at radius 1 is 0.507 bits per heavy atom. The predicted octanol–water partition coefficient (Wildman–Crippen LogP) is 27.0.